The van der Waals surface area contributed by atoms with Crippen molar-refractivity contribution in [1.82, 2.24) is 15.2 Å². The number of urea groups is 1. The van der Waals surface area contributed by atoms with Gasteiger partial charge in [-0.3, -0.25) is 10.1 Å². The van der Waals surface area contributed by atoms with Gasteiger partial charge in [-0.25, -0.2) is 14.2 Å². The number of rotatable bonds is 6. The van der Waals surface area contributed by atoms with Crippen LogP contribution in [0.2, 0.25) is 0 Å². The Labute approximate surface area is 164 Å². The molecule has 3 rings (SSSR count). The lowest BCUT2D eigenvalue weighted by atomic mass is 10.1. The maximum Gasteiger partial charge on any atom is 0.321 e. The van der Waals surface area contributed by atoms with Crippen molar-refractivity contribution in [3.63, 3.8) is 0 Å². The van der Waals surface area contributed by atoms with Gasteiger partial charge in [0.25, 0.3) is 0 Å². The first kappa shape index (κ1) is 19.7. The summed E-state index contributed by atoms with van der Waals surface area (Å²) < 4.78 is 27.2. The molecule has 1 aliphatic rings. The van der Waals surface area contributed by atoms with Gasteiger partial charge in [-0.15, -0.1) is 0 Å². The van der Waals surface area contributed by atoms with Crippen LogP contribution in [0.5, 0.6) is 0 Å². The second kappa shape index (κ2) is 7.90. The van der Waals surface area contributed by atoms with E-state index in [4.69, 9.17) is 5.26 Å². The van der Waals surface area contributed by atoms with Crippen LogP contribution in [-0.4, -0.2) is 28.9 Å². The summed E-state index contributed by atoms with van der Waals surface area (Å²) in [6.45, 7) is -0.00498. The van der Waals surface area contributed by atoms with Crippen LogP contribution in [0.15, 0.2) is 24.3 Å². The van der Waals surface area contributed by atoms with E-state index in [2.05, 4.69) is 15.6 Å². The normalized spacial score (nSPS) is 14.1. The Morgan fingerprint density at radius 2 is 2.14 bits per heavy atom. The summed E-state index contributed by atoms with van der Waals surface area (Å²) in [6, 6.07) is 7.17. The Balaban J connectivity index is 1.55. The van der Waals surface area contributed by atoms with Crippen molar-refractivity contribution in [2.24, 2.45) is 5.41 Å². The first-order chi connectivity index (χ1) is 13.3. The van der Waals surface area contributed by atoms with Crippen LogP contribution < -0.4 is 10.6 Å². The summed E-state index contributed by atoms with van der Waals surface area (Å²) in [5, 5.41) is 13.4. The lowest BCUT2D eigenvalue weighted by molar-refractivity contribution is -0.134. The molecule has 0 radical (unpaired) electrons. The van der Waals surface area contributed by atoms with Gasteiger partial charge >= 0.3 is 6.03 Å². The number of anilines is 1. The van der Waals surface area contributed by atoms with E-state index in [0.717, 1.165) is 0 Å². The molecule has 1 aromatic carbocycles. The molecule has 2 aromatic rings. The van der Waals surface area contributed by atoms with Crippen LogP contribution in [0.1, 0.15) is 24.1 Å². The minimum Gasteiger partial charge on any atom is -0.338 e. The fourth-order valence-corrected chi connectivity index (χ4v) is 3.31. The fourth-order valence-electron chi connectivity index (χ4n) is 2.61. The molecular formula is C18H17F2N5O2S. The molecule has 0 atom stereocenters. The molecule has 1 saturated carbocycles. The number of benzene rings is 1. The average molecular weight is 405 g/mol. The summed E-state index contributed by atoms with van der Waals surface area (Å²) in [7, 11) is 1.48. The molecule has 0 unspecified atom stereocenters. The molecule has 0 bridgehead atoms. The molecule has 146 valence electrons. The van der Waals surface area contributed by atoms with E-state index in [1.807, 2.05) is 6.07 Å². The van der Waals surface area contributed by atoms with E-state index in [0.29, 0.717) is 29.7 Å². The van der Waals surface area contributed by atoms with Crippen molar-refractivity contribution in [2.45, 2.75) is 25.9 Å². The molecule has 1 aliphatic carbocycles. The van der Waals surface area contributed by atoms with Gasteiger partial charge in [0.1, 0.15) is 16.9 Å². The number of halogens is 2. The van der Waals surface area contributed by atoms with Gasteiger partial charge < -0.3 is 10.2 Å². The largest absolute Gasteiger partial charge is 0.338 e. The predicted molar refractivity (Wildman–Crippen MR) is 98.1 cm³/mol. The lowest BCUT2D eigenvalue weighted by Gasteiger charge is -2.18. The summed E-state index contributed by atoms with van der Waals surface area (Å²) in [5.41, 5.74) is -0.401. The number of nitriles is 1. The maximum absolute atomic E-state index is 14.1. The van der Waals surface area contributed by atoms with Gasteiger partial charge in [0.15, 0.2) is 5.13 Å². The molecule has 0 aliphatic heterocycles. The Kier molecular flexibility index (Phi) is 5.56. The van der Waals surface area contributed by atoms with Crippen molar-refractivity contribution in [3.05, 3.63) is 46.5 Å². The molecule has 10 heteroatoms. The van der Waals surface area contributed by atoms with Crippen molar-refractivity contribution < 1.29 is 18.4 Å². The topological polar surface area (TPSA) is 98.1 Å². The van der Waals surface area contributed by atoms with Gasteiger partial charge in [-0.05, 0) is 30.5 Å². The first-order valence-corrected chi connectivity index (χ1v) is 9.26. The molecule has 1 fully saturated rings. The van der Waals surface area contributed by atoms with Gasteiger partial charge in [0.2, 0.25) is 11.0 Å². The van der Waals surface area contributed by atoms with Crippen molar-refractivity contribution in [2.75, 3.05) is 12.4 Å². The monoisotopic (exact) mass is 405 g/mol. The number of amides is 3. The zero-order valence-corrected chi connectivity index (χ0v) is 15.8. The highest BCUT2D eigenvalue weighted by Gasteiger charge is 2.52. The van der Waals surface area contributed by atoms with Gasteiger partial charge in [-0.1, -0.05) is 23.5 Å². The highest BCUT2D eigenvalue weighted by molar-refractivity contribution is 7.14. The van der Waals surface area contributed by atoms with Gasteiger partial charge in [-0.2, -0.15) is 9.65 Å². The summed E-state index contributed by atoms with van der Waals surface area (Å²) in [4.78, 5) is 29.5. The predicted octanol–water partition coefficient (Wildman–Crippen LogP) is 3.01. The van der Waals surface area contributed by atoms with Crippen LogP contribution in [0.4, 0.5) is 18.7 Å². The van der Waals surface area contributed by atoms with Crippen molar-refractivity contribution in [1.29, 1.82) is 5.26 Å². The van der Waals surface area contributed by atoms with Crippen molar-refractivity contribution in [3.8, 4) is 6.07 Å². The molecule has 0 spiro atoms. The fraction of sp³-hybridized carbons (Fsp3) is 0.333. The van der Waals surface area contributed by atoms with Crippen LogP contribution in [0, 0.1) is 27.7 Å². The Bertz CT molecular complexity index is 952. The van der Waals surface area contributed by atoms with E-state index in [1.165, 1.54) is 30.1 Å². The van der Waals surface area contributed by atoms with Gasteiger partial charge in [0, 0.05) is 13.6 Å². The van der Waals surface area contributed by atoms with Crippen LogP contribution in [0.3, 0.4) is 0 Å². The average Bonchev–Trinajstić information content (AvgIpc) is 3.39. The van der Waals surface area contributed by atoms with Crippen LogP contribution >= 0.6 is 11.3 Å². The first-order valence-electron chi connectivity index (χ1n) is 8.44. The number of aromatic nitrogens is 1. The highest BCUT2D eigenvalue weighted by atomic mass is 32.1. The quantitative estimate of drug-likeness (QED) is 0.772. The number of carbonyl (C=O) groups excluding carboxylic acids is 2. The third-order valence-corrected chi connectivity index (χ3v) is 5.12. The van der Waals surface area contributed by atoms with Crippen LogP contribution in [0.25, 0.3) is 0 Å². The third-order valence-electron chi connectivity index (χ3n) is 4.32. The SMILES string of the molecule is CN(Cc1nc(NC(=O)NCc2cccc(F)c2)sc1F)C(=O)C1(C#N)CC1. The molecule has 28 heavy (non-hydrogen) atoms. The number of hydrogen-bond acceptors (Lipinski definition) is 5. The summed E-state index contributed by atoms with van der Waals surface area (Å²) >= 11 is 0.637. The summed E-state index contributed by atoms with van der Waals surface area (Å²) in [5.74, 6) is -0.765. The zero-order valence-electron chi connectivity index (χ0n) is 15.0. The minimum atomic E-state index is -0.987. The third kappa shape index (κ3) is 4.43. The number of carbonyl (C=O) groups is 2. The molecule has 7 nitrogen and oxygen atoms in total. The molecule has 0 saturated heterocycles. The van der Waals surface area contributed by atoms with E-state index >= 15 is 0 Å². The van der Waals surface area contributed by atoms with E-state index in [-0.39, 0.29) is 29.8 Å². The molecular weight excluding hydrogens is 388 g/mol. The number of hydrogen-bond donors (Lipinski definition) is 2. The minimum absolute atomic E-state index is 0.00928. The summed E-state index contributed by atoms with van der Waals surface area (Å²) in [6.07, 6.45) is 1.01. The van der Waals surface area contributed by atoms with E-state index in [1.54, 1.807) is 6.07 Å². The maximum atomic E-state index is 14.1. The standard InChI is InChI=1S/C18H17F2N5O2S/c1-25(15(26)18(10-21)5-6-18)9-13-14(20)28-17(23-13)24-16(27)22-8-11-3-2-4-12(19)7-11/h2-4,7H,5-6,8-9H2,1H3,(H2,22,23,24,27). The molecule has 3 amide bonds. The molecule has 2 N–H and O–H groups in total. The highest BCUT2D eigenvalue weighted by Crippen LogP contribution is 2.46. The Hall–Kier alpha value is -3.06. The van der Waals surface area contributed by atoms with Gasteiger partial charge in [0.05, 0.1) is 12.6 Å². The second-order valence-corrected chi connectivity index (χ2v) is 7.48. The Morgan fingerprint density at radius 3 is 2.79 bits per heavy atom. The number of thiazole rings is 1. The van der Waals surface area contributed by atoms with E-state index < -0.39 is 22.4 Å². The number of nitrogens with zero attached hydrogens (tertiary/aromatic N) is 3. The molecule has 1 aromatic heterocycles. The molecule has 1 heterocycles. The van der Waals surface area contributed by atoms with Crippen molar-refractivity contribution >= 4 is 28.4 Å². The number of nitrogens with one attached hydrogen (secondary N) is 2. The van der Waals surface area contributed by atoms with E-state index in [9.17, 15) is 18.4 Å². The lowest BCUT2D eigenvalue weighted by Crippen LogP contribution is -2.33. The van der Waals surface area contributed by atoms with Crippen LogP contribution in [-0.2, 0) is 17.9 Å². The Morgan fingerprint density at radius 1 is 1.39 bits per heavy atom. The zero-order chi connectivity index (χ0) is 20.3. The second-order valence-electron chi connectivity index (χ2n) is 6.53. The smallest absolute Gasteiger partial charge is 0.321 e.